The lowest BCUT2D eigenvalue weighted by Gasteiger charge is -2.37. The predicted octanol–water partition coefficient (Wildman–Crippen LogP) is 6.08. The quantitative estimate of drug-likeness (QED) is 0.486. The molecule has 178 valence electrons. The molecule has 5 rings (SSSR count). The number of Topliss-reactive ketones (excluding diaryl/α,β-unsaturated/α-hetero) is 1. The number of allylic oxidation sites excluding steroid dienone is 1. The molecule has 35 heavy (non-hydrogen) atoms. The molecule has 1 aliphatic heterocycles. The van der Waals surface area contributed by atoms with Crippen LogP contribution in [0, 0.1) is 11.2 Å². The van der Waals surface area contributed by atoms with Gasteiger partial charge in [0.1, 0.15) is 5.82 Å². The van der Waals surface area contributed by atoms with E-state index in [4.69, 9.17) is 0 Å². The van der Waals surface area contributed by atoms with E-state index in [1.807, 2.05) is 59.5 Å². The highest BCUT2D eigenvalue weighted by molar-refractivity contribution is 6.02. The number of ketones is 1. The van der Waals surface area contributed by atoms with Crippen LogP contribution in [0.4, 0.5) is 21.5 Å². The molecule has 6 heteroatoms. The molecule has 1 aliphatic carbocycles. The van der Waals surface area contributed by atoms with Crippen LogP contribution in [0.1, 0.15) is 38.3 Å². The summed E-state index contributed by atoms with van der Waals surface area (Å²) in [6, 6.07) is 22.7. The number of para-hydroxylation sites is 3. The van der Waals surface area contributed by atoms with Crippen molar-refractivity contribution in [3.63, 3.8) is 0 Å². The average Bonchev–Trinajstić information content (AvgIpc) is 2.94. The van der Waals surface area contributed by atoms with Crippen LogP contribution in [0.25, 0.3) is 0 Å². The second-order valence-corrected chi connectivity index (χ2v) is 9.97. The summed E-state index contributed by atoms with van der Waals surface area (Å²) in [4.78, 5) is 28.8. The molecule has 0 spiro atoms. The van der Waals surface area contributed by atoms with Gasteiger partial charge in [-0.25, -0.2) is 4.39 Å². The molecule has 0 saturated carbocycles. The number of carbonyl (C=O) groups is 2. The van der Waals surface area contributed by atoms with Crippen LogP contribution in [0.15, 0.2) is 90.1 Å². The molecule has 5 nitrogen and oxygen atoms in total. The first-order chi connectivity index (χ1) is 16.8. The number of amides is 1. The van der Waals surface area contributed by atoms with E-state index in [0.717, 1.165) is 22.6 Å². The van der Waals surface area contributed by atoms with Crippen molar-refractivity contribution in [3.8, 4) is 0 Å². The Morgan fingerprint density at radius 3 is 2.43 bits per heavy atom. The number of rotatable bonds is 4. The van der Waals surface area contributed by atoms with Crippen LogP contribution in [0.2, 0.25) is 0 Å². The van der Waals surface area contributed by atoms with E-state index in [0.29, 0.717) is 24.1 Å². The molecule has 2 N–H and O–H groups in total. The molecular weight excluding hydrogens is 441 g/mol. The Bertz CT molecular complexity index is 1300. The molecule has 0 bridgehead atoms. The molecule has 0 radical (unpaired) electrons. The molecule has 1 atom stereocenters. The summed E-state index contributed by atoms with van der Waals surface area (Å²) in [5.41, 5.74) is 4.42. The van der Waals surface area contributed by atoms with Gasteiger partial charge in [-0.15, -0.1) is 0 Å². The number of fused-ring (bicyclic) bond motifs is 1. The largest absolute Gasteiger partial charge is 0.357 e. The molecular formula is C29H28FN3O2. The average molecular weight is 470 g/mol. The Kier molecular flexibility index (Phi) is 5.89. The van der Waals surface area contributed by atoms with E-state index in [1.54, 1.807) is 12.1 Å². The van der Waals surface area contributed by atoms with Gasteiger partial charge in [0.25, 0.3) is 0 Å². The standard InChI is InChI=1S/C29H28FN3O2/c1-29(2)16-23-27(25(34)17-29)28(19-12-14-20(30)15-13-19)33(24-11-7-6-10-22(24)32-23)18-26(35)31-21-8-4-3-5-9-21/h3-15,28,32H,16-18H2,1-2H3,(H,31,35). The van der Waals surface area contributed by atoms with Gasteiger partial charge in [-0.1, -0.05) is 56.3 Å². The molecule has 3 aromatic carbocycles. The monoisotopic (exact) mass is 469 g/mol. The number of nitrogens with zero attached hydrogens (tertiary/aromatic N) is 1. The van der Waals surface area contributed by atoms with Gasteiger partial charge < -0.3 is 15.5 Å². The summed E-state index contributed by atoms with van der Waals surface area (Å²) in [6.45, 7) is 4.19. The minimum Gasteiger partial charge on any atom is -0.357 e. The smallest absolute Gasteiger partial charge is 0.243 e. The zero-order chi connectivity index (χ0) is 24.6. The van der Waals surface area contributed by atoms with E-state index in [1.165, 1.54) is 12.1 Å². The second kappa shape index (κ2) is 9.02. The van der Waals surface area contributed by atoms with Crippen LogP contribution in [-0.4, -0.2) is 18.2 Å². The summed E-state index contributed by atoms with van der Waals surface area (Å²) in [6.07, 6.45) is 1.11. The lowest BCUT2D eigenvalue weighted by atomic mass is 9.73. The van der Waals surface area contributed by atoms with Gasteiger partial charge >= 0.3 is 0 Å². The van der Waals surface area contributed by atoms with Gasteiger partial charge in [0.15, 0.2) is 5.78 Å². The van der Waals surface area contributed by atoms with Crippen molar-refractivity contribution in [1.29, 1.82) is 0 Å². The Labute approximate surface area is 204 Å². The second-order valence-electron chi connectivity index (χ2n) is 9.97. The summed E-state index contributed by atoms with van der Waals surface area (Å²) in [5, 5.41) is 6.48. The number of halogens is 1. The number of hydrogen-bond donors (Lipinski definition) is 2. The van der Waals surface area contributed by atoms with Crippen molar-refractivity contribution in [2.45, 2.75) is 32.7 Å². The first kappa shape index (κ1) is 22.8. The normalized spacial score (nSPS) is 18.8. The first-order valence-electron chi connectivity index (χ1n) is 11.8. The lowest BCUT2D eigenvalue weighted by molar-refractivity contribution is -0.119. The van der Waals surface area contributed by atoms with E-state index >= 15 is 0 Å². The van der Waals surface area contributed by atoms with Crippen LogP contribution in [0.3, 0.4) is 0 Å². The van der Waals surface area contributed by atoms with Crippen molar-refractivity contribution in [2.24, 2.45) is 5.41 Å². The van der Waals surface area contributed by atoms with Gasteiger partial charge in [0, 0.05) is 23.4 Å². The SMILES string of the molecule is CC1(C)CC(=O)C2=C(C1)Nc1ccccc1N(CC(=O)Nc1ccccc1)C2c1ccc(F)cc1. The number of anilines is 3. The fraction of sp³-hybridized carbons (Fsp3) is 0.241. The highest BCUT2D eigenvalue weighted by atomic mass is 19.1. The van der Waals surface area contributed by atoms with E-state index in [-0.39, 0.29) is 29.5 Å². The molecule has 3 aromatic rings. The zero-order valence-electron chi connectivity index (χ0n) is 19.8. The van der Waals surface area contributed by atoms with Gasteiger partial charge in [0.05, 0.1) is 24.0 Å². The Hall–Kier alpha value is -3.93. The van der Waals surface area contributed by atoms with Crippen LogP contribution in [0.5, 0.6) is 0 Å². The van der Waals surface area contributed by atoms with E-state index < -0.39 is 6.04 Å². The van der Waals surface area contributed by atoms with Crippen LogP contribution < -0.4 is 15.5 Å². The maximum atomic E-state index is 13.9. The van der Waals surface area contributed by atoms with E-state index in [9.17, 15) is 14.0 Å². The third kappa shape index (κ3) is 4.69. The number of benzene rings is 3. The number of hydrogen-bond acceptors (Lipinski definition) is 4. The molecule has 1 unspecified atom stereocenters. The zero-order valence-corrected chi connectivity index (χ0v) is 19.8. The highest BCUT2D eigenvalue weighted by Crippen LogP contribution is 2.48. The molecule has 2 aliphatic rings. The van der Waals surface area contributed by atoms with Gasteiger partial charge in [-0.3, -0.25) is 9.59 Å². The van der Waals surface area contributed by atoms with E-state index in [2.05, 4.69) is 24.5 Å². The van der Waals surface area contributed by atoms with Crippen molar-refractivity contribution >= 4 is 28.8 Å². The molecule has 0 fully saturated rings. The van der Waals surface area contributed by atoms with Gasteiger partial charge in [0.2, 0.25) is 5.91 Å². The Balaban J connectivity index is 1.64. The summed E-state index contributed by atoms with van der Waals surface area (Å²) in [7, 11) is 0. The first-order valence-corrected chi connectivity index (χ1v) is 11.8. The van der Waals surface area contributed by atoms with Crippen LogP contribution >= 0.6 is 0 Å². The molecule has 1 heterocycles. The maximum Gasteiger partial charge on any atom is 0.243 e. The predicted molar refractivity (Wildman–Crippen MR) is 137 cm³/mol. The summed E-state index contributed by atoms with van der Waals surface area (Å²) in [5.74, 6) is -0.510. The van der Waals surface area contributed by atoms with Crippen LogP contribution in [-0.2, 0) is 9.59 Å². The van der Waals surface area contributed by atoms with Crippen molar-refractivity contribution in [3.05, 3.63) is 102 Å². The van der Waals surface area contributed by atoms with Crippen molar-refractivity contribution in [2.75, 3.05) is 22.1 Å². The third-order valence-corrected chi connectivity index (χ3v) is 6.56. The van der Waals surface area contributed by atoms with Gasteiger partial charge in [-0.05, 0) is 53.8 Å². The topological polar surface area (TPSA) is 61.4 Å². The van der Waals surface area contributed by atoms with Crippen molar-refractivity contribution < 1.29 is 14.0 Å². The fourth-order valence-electron chi connectivity index (χ4n) is 5.10. The molecule has 0 aromatic heterocycles. The number of carbonyl (C=O) groups excluding carboxylic acids is 2. The van der Waals surface area contributed by atoms with Crippen molar-refractivity contribution in [1.82, 2.24) is 0 Å². The van der Waals surface area contributed by atoms with Gasteiger partial charge in [-0.2, -0.15) is 0 Å². The molecule has 1 amide bonds. The third-order valence-electron chi connectivity index (χ3n) is 6.56. The minimum atomic E-state index is -0.535. The maximum absolute atomic E-state index is 13.9. The summed E-state index contributed by atoms with van der Waals surface area (Å²) < 4.78 is 13.9. The fourth-order valence-corrected chi connectivity index (χ4v) is 5.10. The number of nitrogens with one attached hydrogen (secondary N) is 2. The summed E-state index contributed by atoms with van der Waals surface area (Å²) >= 11 is 0. The Morgan fingerprint density at radius 1 is 1.00 bits per heavy atom. The highest BCUT2D eigenvalue weighted by Gasteiger charge is 2.41. The minimum absolute atomic E-state index is 0.0169. The Morgan fingerprint density at radius 2 is 1.69 bits per heavy atom. The lowest BCUT2D eigenvalue weighted by Crippen LogP contribution is -2.40. The molecule has 0 saturated heterocycles.